The zero-order chi connectivity index (χ0) is 23.9. The average Bonchev–Trinajstić information content (AvgIpc) is 3.20. The van der Waals surface area contributed by atoms with Gasteiger partial charge in [0, 0.05) is 22.8 Å². The van der Waals surface area contributed by atoms with E-state index in [4.69, 9.17) is 14.5 Å². The first-order valence-corrected chi connectivity index (χ1v) is 11.8. The highest BCUT2D eigenvalue weighted by molar-refractivity contribution is 9.10. The molecule has 4 rings (SSSR count). The van der Waals surface area contributed by atoms with Crippen LogP contribution in [0.15, 0.2) is 77.4 Å². The van der Waals surface area contributed by atoms with Gasteiger partial charge in [-0.05, 0) is 52.7 Å². The standard InChI is InChI=1S/C26H24BrN3O4/c1-2-33-23(31)14-15-24(32)34-21-11-7-6-10-20(21)25-26(28-16-18-8-4-3-5-9-18)30-17-19(27)12-13-22(30)29-25/h3-13,17,28H,2,14-16H2,1H3. The minimum Gasteiger partial charge on any atom is -0.466 e. The number of esters is 2. The van der Waals surface area contributed by atoms with Crippen molar-refractivity contribution in [1.29, 1.82) is 0 Å². The summed E-state index contributed by atoms with van der Waals surface area (Å²) in [4.78, 5) is 28.9. The normalized spacial score (nSPS) is 10.8. The van der Waals surface area contributed by atoms with Crippen LogP contribution in [0.25, 0.3) is 16.9 Å². The first-order valence-electron chi connectivity index (χ1n) is 11.0. The smallest absolute Gasteiger partial charge is 0.311 e. The van der Waals surface area contributed by atoms with Gasteiger partial charge in [-0.2, -0.15) is 0 Å². The van der Waals surface area contributed by atoms with Crippen LogP contribution in [0.4, 0.5) is 5.82 Å². The lowest BCUT2D eigenvalue weighted by Gasteiger charge is -2.12. The van der Waals surface area contributed by atoms with Crippen molar-refractivity contribution in [2.24, 2.45) is 0 Å². The number of anilines is 1. The summed E-state index contributed by atoms with van der Waals surface area (Å²) in [5, 5.41) is 3.49. The number of carbonyl (C=O) groups excluding carboxylic acids is 2. The van der Waals surface area contributed by atoms with Crippen molar-refractivity contribution in [1.82, 2.24) is 9.38 Å². The van der Waals surface area contributed by atoms with E-state index < -0.39 is 11.9 Å². The second-order valence-corrected chi connectivity index (χ2v) is 8.41. The number of nitrogens with one attached hydrogen (secondary N) is 1. The van der Waals surface area contributed by atoms with Gasteiger partial charge in [-0.15, -0.1) is 0 Å². The van der Waals surface area contributed by atoms with Gasteiger partial charge in [0.25, 0.3) is 0 Å². The zero-order valence-corrected chi connectivity index (χ0v) is 20.2. The number of pyridine rings is 1. The molecule has 2 heterocycles. The Balaban J connectivity index is 1.65. The molecule has 0 aliphatic heterocycles. The second kappa shape index (κ2) is 11.0. The molecule has 0 aliphatic carbocycles. The molecular formula is C26H24BrN3O4. The Kier molecular flexibility index (Phi) is 7.59. The first-order chi connectivity index (χ1) is 16.5. The number of fused-ring (bicyclic) bond motifs is 1. The van der Waals surface area contributed by atoms with Gasteiger partial charge in [0.1, 0.15) is 22.9 Å². The van der Waals surface area contributed by atoms with Gasteiger partial charge in [-0.25, -0.2) is 4.98 Å². The van der Waals surface area contributed by atoms with E-state index in [1.807, 2.05) is 65.2 Å². The van der Waals surface area contributed by atoms with Gasteiger partial charge in [0.15, 0.2) is 0 Å². The summed E-state index contributed by atoms with van der Waals surface area (Å²) in [5.74, 6) is 0.216. The van der Waals surface area contributed by atoms with Gasteiger partial charge < -0.3 is 14.8 Å². The van der Waals surface area contributed by atoms with Crippen molar-refractivity contribution in [2.45, 2.75) is 26.3 Å². The lowest BCUT2D eigenvalue weighted by molar-refractivity contribution is -0.146. The third kappa shape index (κ3) is 5.63. The number of hydrogen-bond acceptors (Lipinski definition) is 6. The number of benzene rings is 2. The number of ether oxygens (including phenoxy) is 2. The summed E-state index contributed by atoms with van der Waals surface area (Å²) < 4.78 is 13.4. The van der Waals surface area contributed by atoms with E-state index in [0.717, 1.165) is 21.5 Å². The summed E-state index contributed by atoms with van der Waals surface area (Å²) in [6, 6.07) is 21.1. The fourth-order valence-corrected chi connectivity index (χ4v) is 3.86. The maximum atomic E-state index is 12.4. The van der Waals surface area contributed by atoms with E-state index in [9.17, 15) is 9.59 Å². The Morgan fingerprint density at radius 1 is 0.971 bits per heavy atom. The molecule has 7 nitrogen and oxygen atoms in total. The fraction of sp³-hybridized carbons (Fsp3) is 0.192. The van der Waals surface area contributed by atoms with Crippen molar-refractivity contribution < 1.29 is 19.1 Å². The maximum Gasteiger partial charge on any atom is 0.311 e. The molecule has 1 N–H and O–H groups in total. The molecule has 0 atom stereocenters. The van der Waals surface area contributed by atoms with Crippen molar-refractivity contribution >= 4 is 39.3 Å². The number of rotatable bonds is 9. The maximum absolute atomic E-state index is 12.4. The molecule has 0 unspecified atom stereocenters. The van der Waals surface area contributed by atoms with E-state index in [-0.39, 0.29) is 19.4 Å². The van der Waals surface area contributed by atoms with Crippen molar-refractivity contribution in [3.05, 3.63) is 83.0 Å². The predicted octanol–water partition coefficient (Wildman–Crippen LogP) is 5.62. The largest absolute Gasteiger partial charge is 0.466 e. The zero-order valence-electron chi connectivity index (χ0n) is 18.7. The Bertz CT molecular complexity index is 1300. The van der Waals surface area contributed by atoms with Gasteiger partial charge in [-0.3, -0.25) is 14.0 Å². The number of hydrogen-bond donors (Lipinski definition) is 1. The number of carbonyl (C=O) groups is 2. The summed E-state index contributed by atoms with van der Waals surface area (Å²) in [6.07, 6.45) is 1.85. The summed E-state index contributed by atoms with van der Waals surface area (Å²) in [7, 11) is 0. The molecule has 2 aromatic carbocycles. The highest BCUT2D eigenvalue weighted by Gasteiger charge is 2.19. The van der Waals surface area contributed by atoms with E-state index in [2.05, 4.69) is 21.2 Å². The molecule has 0 saturated heterocycles. The average molecular weight is 522 g/mol. The van der Waals surface area contributed by atoms with Crippen molar-refractivity contribution in [2.75, 3.05) is 11.9 Å². The van der Waals surface area contributed by atoms with Crippen LogP contribution >= 0.6 is 15.9 Å². The Morgan fingerprint density at radius 2 is 1.71 bits per heavy atom. The minimum atomic E-state index is -0.509. The van der Waals surface area contributed by atoms with Crippen LogP contribution < -0.4 is 10.1 Å². The monoisotopic (exact) mass is 521 g/mol. The van der Waals surface area contributed by atoms with Crippen molar-refractivity contribution in [3.8, 4) is 17.0 Å². The van der Waals surface area contributed by atoms with Crippen molar-refractivity contribution in [3.63, 3.8) is 0 Å². The molecule has 0 bridgehead atoms. The van der Waals surface area contributed by atoms with E-state index in [0.29, 0.717) is 23.6 Å². The van der Waals surface area contributed by atoms with Crippen LogP contribution in [-0.4, -0.2) is 27.9 Å². The Hall–Kier alpha value is -3.65. The highest BCUT2D eigenvalue weighted by atomic mass is 79.9. The molecule has 0 radical (unpaired) electrons. The van der Waals surface area contributed by atoms with Crippen LogP contribution in [0.5, 0.6) is 5.75 Å². The number of para-hydroxylation sites is 1. The molecule has 0 aliphatic rings. The van der Waals surface area contributed by atoms with Gasteiger partial charge in [0.05, 0.1) is 19.4 Å². The number of halogens is 1. The van der Waals surface area contributed by atoms with Crippen LogP contribution in [0.2, 0.25) is 0 Å². The Morgan fingerprint density at radius 3 is 2.50 bits per heavy atom. The van der Waals surface area contributed by atoms with Gasteiger partial charge in [-0.1, -0.05) is 42.5 Å². The highest BCUT2D eigenvalue weighted by Crippen LogP contribution is 2.36. The van der Waals surface area contributed by atoms with Crippen LogP contribution in [0.3, 0.4) is 0 Å². The van der Waals surface area contributed by atoms with E-state index >= 15 is 0 Å². The number of aromatic nitrogens is 2. The first kappa shape index (κ1) is 23.5. The molecule has 0 amide bonds. The molecule has 174 valence electrons. The molecule has 4 aromatic rings. The molecule has 0 spiro atoms. The SMILES string of the molecule is CCOC(=O)CCC(=O)Oc1ccccc1-c1nc2ccc(Br)cn2c1NCc1ccccc1. The van der Waals surface area contributed by atoms with Crippen LogP contribution in [0.1, 0.15) is 25.3 Å². The molecule has 2 aromatic heterocycles. The quantitative estimate of drug-likeness (QED) is 0.227. The van der Waals surface area contributed by atoms with Crippen LogP contribution in [-0.2, 0) is 20.9 Å². The van der Waals surface area contributed by atoms with Gasteiger partial charge in [0.2, 0.25) is 0 Å². The minimum absolute atomic E-state index is 0.0267. The number of imidazole rings is 1. The van der Waals surface area contributed by atoms with E-state index in [1.54, 1.807) is 19.1 Å². The lowest BCUT2D eigenvalue weighted by atomic mass is 10.1. The summed E-state index contributed by atoms with van der Waals surface area (Å²) in [5.41, 5.74) is 3.19. The third-order valence-corrected chi connectivity index (χ3v) is 5.56. The molecular weight excluding hydrogens is 498 g/mol. The third-order valence-electron chi connectivity index (χ3n) is 5.09. The molecule has 34 heavy (non-hydrogen) atoms. The lowest BCUT2D eigenvalue weighted by Crippen LogP contribution is -2.12. The Labute approximate surface area is 205 Å². The van der Waals surface area contributed by atoms with Gasteiger partial charge >= 0.3 is 11.9 Å². The molecule has 8 heteroatoms. The number of nitrogens with zero attached hydrogens (tertiary/aromatic N) is 2. The van der Waals surface area contributed by atoms with Crippen LogP contribution in [0, 0.1) is 0 Å². The predicted molar refractivity (Wildman–Crippen MR) is 134 cm³/mol. The topological polar surface area (TPSA) is 81.9 Å². The molecule has 0 fully saturated rings. The molecule has 0 saturated carbocycles. The second-order valence-electron chi connectivity index (χ2n) is 7.50. The van der Waals surface area contributed by atoms with E-state index in [1.165, 1.54) is 0 Å². The summed E-state index contributed by atoms with van der Waals surface area (Å²) >= 11 is 3.53. The summed E-state index contributed by atoms with van der Waals surface area (Å²) in [6.45, 7) is 2.60. The fourth-order valence-electron chi connectivity index (χ4n) is 3.52.